The van der Waals surface area contributed by atoms with Crippen molar-refractivity contribution in [1.29, 1.82) is 0 Å². The number of hydrogen-bond acceptors (Lipinski definition) is 6. The Bertz CT molecular complexity index is 531. The zero-order valence-electron chi connectivity index (χ0n) is 12.3. The number of amidine groups is 1. The molecule has 0 aliphatic heterocycles. The van der Waals surface area contributed by atoms with Gasteiger partial charge in [0.2, 0.25) is 0 Å². The van der Waals surface area contributed by atoms with Gasteiger partial charge in [0.1, 0.15) is 0 Å². The molecule has 1 aromatic rings. The van der Waals surface area contributed by atoms with Gasteiger partial charge in [0.05, 0.1) is 23.2 Å². The van der Waals surface area contributed by atoms with E-state index in [0.717, 1.165) is 0 Å². The second-order valence-corrected chi connectivity index (χ2v) is 4.78. The molecule has 0 unspecified atom stereocenters. The van der Waals surface area contributed by atoms with Gasteiger partial charge in [-0.2, -0.15) is 0 Å². The lowest BCUT2D eigenvalue weighted by Gasteiger charge is -2.22. The summed E-state index contributed by atoms with van der Waals surface area (Å²) < 4.78 is 5.46. The fraction of sp³-hybridized carbons (Fsp3) is 0.462. The molecule has 3 N–H and O–H groups in total. The van der Waals surface area contributed by atoms with Gasteiger partial charge in [0.15, 0.2) is 5.84 Å². The van der Waals surface area contributed by atoms with E-state index in [9.17, 15) is 10.1 Å². The smallest absolute Gasteiger partial charge is 0.270 e. The summed E-state index contributed by atoms with van der Waals surface area (Å²) >= 11 is 0. The Morgan fingerprint density at radius 1 is 1.57 bits per heavy atom. The number of nitrogens with two attached hydrogens (primary N) is 1. The molecule has 1 rings (SSSR count). The fourth-order valence-corrected chi connectivity index (χ4v) is 1.78. The Morgan fingerprint density at radius 3 is 2.76 bits per heavy atom. The average molecular weight is 296 g/mol. The first-order chi connectivity index (χ1) is 9.86. The summed E-state index contributed by atoms with van der Waals surface area (Å²) in [6, 6.07) is 4.23. The summed E-state index contributed by atoms with van der Waals surface area (Å²) in [6.45, 7) is 4.95. The minimum Gasteiger partial charge on any atom is -0.409 e. The van der Waals surface area contributed by atoms with Crippen LogP contribution in [0.2, 0.25) is 0 Å². The molecule has 0 saturated heterocycles. The van der Waals surface area contributed by atoms with Crippen molar-refractivity contribution in [2.75, 3.05) is 25.1 Å². The Morgan fingerprint density at radius 2 is 2.24 bits per heavy atom. The number of benzene rings is 1. The van der Waals surface area contributed by atoms with Gasteiger partial charge in [-0.15, -0.1) is 0 Å². The molecule has 0 radical (unpaired) electrons. The SMILES string of the molecule is CC(C)OCCN(C)c1ccc([N+](=O)[O-])cc1/C(N)=N/O. The molecule has 0 saturated carbocycles. The molecule has 8 heteroatoms. The number of likely N-dealkylation sites (N-methyl/N-ethyl adjacent to an activating group) is 1. The lowest BCUT2D eigenvalue weighted by molar-refractivity contribution is -0.384. The minimum absolute atomic E-state index is 0.118. The molecule has 0 aromatic heterocycles. The average Bonchev–Trinajstić information content (AvgIpc) is 2.45. The maximum atomic E-state index is 10.8. The predicted octanol–water partition coefficient (Wildman–Crippen LogP) is 1.55. The normalized spacial score (nSPS) is 11.7. The summed E-state index contributed by atoms with van der Waals surface area (Å²) in [5, 5.41) is 22.6. The number of ether oxygens (including phenoxy) is 1. The third-order valence-corrected chi connectivity index (χ3v) is 2.86. The van der Waals surface area contributed by atoms with Crippen LogP contribution in [0.3, 0.4) is 0 Å². The first-order valence-corrected chi connectivity index (χ1v) is 6.46. The highest BCUT2D eigenvalue weighted by Gasteiger charge is 2.16. The van der Waals surface area contributed by atoms with Crippen LogP contribution in [0.25, 0.3) is 0 Å². The van der Waals surface area contributed by atoms with Gasteiger partial charge in [-0.3, -0.25) is 10.1 Å². The van der Waals surface area contributed by atoms with Crippen molar-refractivity contribution < 1.29 is 14.9 Å². The highest BCUT2D eigenvalue weighted by molar-refractivity contribution is 6.02. The van der Waals surface area contributed by atoms with Crippen molar-refractivity contribution >= 4 is 17.2 Å². The molecule has 8 nitrogen and oxygen atoms in total. The molecule has 0 atom stereocenters. The quantitative estimate of drug-likeness (QED) is 0.259. The number of hydrogen-bond donors (Lipinski definition) is 2. The molecule has 0 bridgehead atoms. The molecule has 21 heavy (non-hydrogen) atoms. The van der Waals surface area contributed by atoms with E-state index in [1.54, 1.807) is 13.1 Å². The van der Waals surface area contributed by atoms with E-state index < -0.39 is 4.92 Å². The van der Waals surface area contributed by atoms with Gasteiger partial charge >= 0.3 is 0 Å². The van der Waals surface area contributed by atoms with Gasteiger partial charge in [0.25, 0.3) is 5.69 Å². The standard InChI is InChI=1S/C13H20N4O4/c1-9(2)21-7-6-16(3)12-5-4-10(17(19)20)8-11(12)13(14)15-18/h4-5,8-9,18H,6-7H2,1-3H3,(H2,14,15). The van der Waals surface area contributed by atoms with Crippen LogP contribution in [-0.2, 0) is 4.74 Å². The number of non-ortho nitro benzene ring substituents is 1. The number of nitro groups is 1. The zero-order valence-corrected chi connectivity index (χ0v) is 12.3. The molecule has 0 amide bonds. The summed E-state index contributed by atoms with van der Waals surface area (Å²) in [5.41, 5.74) is 6.41. The van der Waals surface area contributed by atoms with E-state index >= 15 is 0 Å². The highest BCUT2D eigenvalue weighted by atomic mass is 16.6. The van der Waals surface area contributed by atoms with Crippen LogP contribution >= 0.6 is 0 Å². The van der Waals surface area contributed by atoms with Gasteiger partial charge in [-0.1, -0.05) is 5.16 Å². The summed E-state index contributed by atoms with van der Waals surface area (Å²) in [6.07, 6.45) is 0.124. The summed E-state index contributed by atoms with van der Waals surface area (Å²) in [7, 11) is 1.80. The molecule has 0 fully saturated rings. The Hall–Kier alpha value is -2.35. The van der Waals surface area contributed by atoms with E-state index in [1.807, 2.05) is 18.7 Å². The van der Waals surface area contributed by atoms with Crippen molar-refractivity contribution in [2.24, 2.45) is 10.9 Å². The zero-order chi connectivity index (χ0) is 16.0. The lowest BCUT2D eigenvalue weighted by Crippen LogP contribution is -2.27. The van der Waals surface area contributed by atoms with Crippen molar-refractivity contribution in [2.45, 2.75) is 20.0 Å². The highest BCUT2D eigenvalue weighted by Crippen LogP contribution is 2.24. The van der Waals surface area contributed by atoms with Crippen LogP contribution in [0.4, 0.5) is 11.4 Å². The first kappa shape index (κ1) is 16.7. The summed E-state index contributed by atoms with van der Waals surface area (Å²) in [5.74, 6) is -0.176. The largest absolute Gasteiger partial charge is 0.409 e. The molecule has 0 heterocycles. The molecular formula is C13H20N4O4. The first-order valence-electron chi connectivity index (χ1n) is 6.46. The number of nitrogens with zero attached hydrogens (tertiary/aromatic N) is 3. The topological polar surface area (TPSA) is 114 Å². The summed E-state index contributed by atoms with van der Waals surface area (Å²) in [4.78, 5) is 12.1. The van der Waals surface area contributed by atoms with Crippen LogP contribution < -0.4 is 10.6 Å². The van der Waals surface area contributed by atoms with Crippen LogP contribution in [0, 0.1) is 10.1 Å². The van der Waals surface area contributed by atoms with Crippen molar-refractivity contribution in [1.82, 2.24) is 0 Å². The number of anilines is 1. The number of oxime groups is 1. The van der Waals surface area contributed by atoms with Crippen molar-refractivity contribution in [3.05, 3.63) is 33.9 Å². The van der Waals surface area contributed by atoms with Crippen molar-refractivity contribution in [3.63, 3.8) is 0 Å². The second-order valence-electron chi connectivity index (χ2n) is 4.78. The van der Waals surface area contributed by atoms with Crippen LogP contribution in [-0.4, -0.2) is 42.3 Å². The van der Waals surface area contributed by atoms with Gasteiger partial charge in [0, 0.05) is 31.4 Å². The fourth-order valence-electron chi connectivity index (χ4n) is 1.78. The Balaban J connectivity index is 3.02. The second kappa shape index (κ2) is 7.44. The van der Waals surface area contributed by atoms with Crippen LogP contribution in [0.5, 0.6) is 0 Å². The van der Waals surface area contributed by atoms with E-state index in [0.29, 0.717) is 24.4 Å². The van der Waals surface area contributed by atoms with Gasteiger partial charge in [-0.05, 0) is 19.9 Å². The Kier molecular flexibility index (Phi) is 5.92. The van der Waals surface area contributed by atoms with E-state index in [4.69, 9.17) is 15.7 Å². The molecule has 1 aromatic carbocycles. The monoisotopic (exact) mass is 296 g/mol. The minimum atomic E-state index is -0.528. The lowest BCUT2D eigenvalue weighted by atomic mass is 10.1. The van der Waals surface area contributed by atoms with Gasteiger partial charge in [-0.25, -0.2) is 0 Å². The van der Waals surface area contributed by atoms with E-state index in [-0.39, 0.29) is 17.6 Å². The number of rotatable bonds is 7. The maximum Gasteiger partial charge on any atom is 0.270 e. The van der Waals surface area contributed by atoms with Crippen molar-refractivity contribution in [3.8, 4) is 0 Å². The van der Waals surface area contributed by atoms with Crippen LogP contribution in [0.15, 0.2) is 23.4 Å². The third-order valence-electron chi connectivity index (χ3n) is 2.86. The molecule has 0 aliphatic rings. The Labute approximate surface area is 122 Å². The maximum absolute atomic E-state index is 10.8. The van der Waals surface area contributed by atoms with E-state index in [1.165, 1.54) is 12.1 Å². The molecule has 116 valence electrons. The van der Waals surface area contributed by atoms with Crippen LogP contribution in [0.1, 0.15) is 19.4 Å². The molecule has 0 spiro atoms. The van der Waals surface area contributed by atoms with E-state index in [2.05, 4.69) is 5.16 Å². The number of nitro benzene ring substituents is 1. The van der Waals surface area contributed by atoms with Gasteiger partial charge < -0.3 is 20.6 Å². The predicted molar refractivity (Wildman–Crippen MR) is 80.0 cm³/mol. The molecule has 0 aliphatic carbocycles. The molecular weight excluding hydrogens is 276 g/mol. The third kappa shape index (κ3) is 4.60.